The van der Waals surface area contributed by atoms with Crippen LogP contribution in [0.25, 0.3) is 10.3 Å². The molecular formula is C25H31N5O6S2. The quantitative estimate of drug-likeness (QED) is 0.259. The first-order valence-electron chi connectivity index (χ1n) is 12.4. The van der Waals surface area contributed by atoms with E-state index in [4.69, 9.17) is 15.6 Å². The van der Waals surface area contributed by atoms with Gasteiger partial charge in [0.05, 0.1) is 17.9 Å². The van der Waals surface area contributed by atoms with Crippen LogP contribution in [0, 0.1) is 5.92 Å². The molecule has 1 aliphatic rings. The van der Waals surface area contributed by atoms with Crippen molar-refractivity contribution >= 4 is 48.7 Å². The number of nitrogens with zero attached hydrogens (tertiary/aromatic N) is 2. The lowest BCUT2D eigenvalue weighted by molar-refractivity contribution is -0.138. The summed E-state index contributed by atoms with van der Waals surface area (Å²) in [6.07, 6.45) is 5.01. The third kappa shape index (κ3) is 6.84. The van der Waals surface area contributed by atoms with Gasteiger partial charge in [-0.2, -0.15) is 0 Å². The Labute approximate surface area is 224 Å². The molecule has 0 aliphatic heterocycles. The number of anilines is 1. The Morgan fingerprint density at radius 3 is 2.53 bits per heavy atom. The summed E-state index contributed by atoms with van der Waals surface area (Å²) in [6, 6.07) is 8.56. The van der Waals surface area contributed by atoms with Crippen molar-refractivity contribution in [1.29, 1.82) is 0 Å². The minimum atomic E-state index is -3.86. The van der Waals surface area contributed by atoms with Gasteiger partial charge in [-0.15, -0.1) is 0 Å². The minimum Gasteiger partial charge on any atom is -0.481 e. The van der Waals surface area contributed by atoms with Crippen LogP contribution in [0.15, 0.2) is 41.3 Å². The monoisotopic (exact) mass is 561 g/mol. The Kier molecular flexibility index (Phi) is 8.92. The normalized spacial score (nSPS) is 15.8. The van der Waals surface area contributed by atoms with E-state index in [0.29, 0.717) is 39.3 Å². The van der Waals surface area contributed by atoms with Gasteiger partial charge in [-0.1, -0.05) is 49.2 Å². The van der Waals surface area contributed by atoms with Gasteiger partial charge in [0.15, 0.2) is 5.13 Å². The van der Waals surface area contributed by atoms with Crippen LogP contribution in [0.5, 0.6) is 5.88 Å². The smallest absolute Gasteiger partial charge is 0.320 e. The van der Waals surface area contributed by atoms with Gasteiger partial charge in [0, 0.05) is 12.6 Å². The molecule has 1 amide bonds. The summed E-state index contributed by atoms with van der Waals surface area (Å²) in [7, 11) is -2.33. The molecule has 0 spiro atoms. The number of aliphatic carboxylic acids is 1. The average molecular weight is 562 g/mol. The van der Waals surface area contributed by atoms with Crippen molar-refractivity contribution in [3.63, 3.8) is 0 Å². The number of hydrogen-bond acceptors (Lipinski definition) is 9. The van der Waals surface area contributed by atoms with Gasteiger partial charge in [0.25, 0.3) is 0 Å². The molecule has 3 aromatic rings. The number of carbonyl (C=O) groups is 2. The number of hydrogen-bond donors (Lipinski definition) is 4. The molecular weight excluding hydrogens is 530 g/mol. The molecule has 5 N–H and O–H groups in total. The van der Waals surface area contributed by atoms with Crippen molar-refractivity contribution in [2.45, 2.75) is 55.4 Å². The number of aromatic nitrogens is 2. The first kappa shape index (κ1) is 27.9. The van der Waals surface area contributed by atoms with Gasteiger partial charge in [-0.3, -0.25) is 9.59 Å². The van der Waals surface area contributed by atoms with E-state index in [9.17, 15) is 18.0 Å². The molecule has 2 unspecified atom stereocenters. The highest BCUT2D eigenvalue weighted by atomic mass is 32.2. The average Bonchev–Trinajstić information content (AvgIpc) is 3.55. The maximum absolute atomic E-state index is 13.5. The van der Waals surface area contributed by atoms with E-state index in [1.165, 1.54) is 30.6 Å². The SMILES string of the molecule is COc1ccc2nc(NC(=O)C(CC3CCCC3)c3ccc(S(=O)(=O)NCCC(N)C(=O)O)cc3)sc2n1. The topological polar surface area (TPSA) is 174 Å². The van der Waals surface area contributed by atoms with E-state index in [1.807, 2.05) is 0 Å². The minimum absolute atomic E-state index is 0.0244. The van der Waals surface area contributed by atoms with Crippen LogP contribution in [-0.2, 0) is 19.6 Å². The number of thiazole rings is 1. The number of pyridine rings is 1. The number of carboxylic acid groups (broad SMARTS) is 1. The molecule has 2 atom stereocenters. The van der Waals surface area contributed by atoms with Crippen molar-refractivity contribution in [2.24, 2.45) is 11.7 Å². The highest BCUT2D eigenvalue weighted by Crippen LogP contribution is 2.36. The number of sulfonamides is 1. The van der Waals surface area contributed by atoms with Crippen molar-refractivity contribution in [3.05, 3.63) is 42.0 Å². The molecule has 1 fully saturated rings. The summed E-state index contributed by atoms with van der Waals surface area (Å²) < 4.78 is 32.8. The van der Waals surface area contributed by atoms with Crippen LogP contribution in [-0.4, -0.2) is 55.1 Å². The number of benzene rings is 1. The van der Waals surface area contributed by atoms with E-state index in [0.717, 1.165) is 25.7 Å². The lowest BCUT2D eigenvalue weighted by Gasteiger charge is -2.20. The predicted molar refractivity (Wildman–Crippen MR) is 144 cm³/mol. The van der Waals surface area contributed by atoms with Crippen LogP contribution >= 0.6 is 11.3 Å². The lowest BCUT2D eigenvalue weighted by atomic mass is 9.87. The number of amides is 1. The fourth-order valence-electron chi connectivity index (χ4n) is 4.57. The standard InChI is InChI=1S/C25H31N5O6S2/c1-36-21-11-10-20-23(29-21)37-25(28-20)30-22(31)18(14-15-4-2-3-5-15)16-6-8-17(9-7-16)38(34,35)27-13-12-19(26)24(32)33/h6-11,15,18-19,27H,2-5,12-14,26H2,1H3,(H,32,33)(H,28,30,31). The lowest BCUT2D eigenvalue weighted by Crippen LogP contribution is -2.35. The molecule has 0 bridgehead atoms. The molecule has 1 aromatic carbocycles. The molecule has 11 nitrogen and oxygen atoms in total. The highest BCUT2D eigenvalue weighted by molar-refractivity contribution is 7.89. The first-order chi connectivity index (χ1) is 18.2. The van der Waals surface area contributed by atoms with Crippen LogP contribution in [0.4, 0.5) is 5.13 Å². The Morgan fingerprint density at radius 2 is 1.87 bits per heavy atom. The Morgan fingerprint density at radius 1 is 1.16 bits per heavy atom. The molecule has 4 rings (SSSR count). The second kappa shape index (κ2) is 12.2. The maximum Gasteiger partial charge on any atom is 0.320 e. The molecule has 1 aliphatic carbocycles. The van der Waals surface area contributed by atoms with Gasteiger partial charge in [0.1, 0.15) is 16.4 Å². The number of nitrogens with one attached hydrogen (secondary N) is 2. The molecule has 0 radical (unpaired) electrons. The van der Waals surface area contributed by atoms with Gasteiger partial charge < -0.3 is 20.9 Å². The molecule has 0 saturated heterocycles. The van der Waals surface area contributed by atoms with Crippen LogP contribution in [0.2, 0.25) is 0 Å². The Balaban J connectivity index is 1.50. The zero-order chi connectivity index (χ0) is 27.3. The van der Waals surface area contributed by atoms with Gasteiger partial charge >= 0.3 is 5.97 Å². The molecule has 1 saturated carbocycles. The maximum atomic E-state index is 13.5. The summed E-state index contributed by atoms with van der Waals surface area (Å²) in [6.45, 7) is -0.104. The van der Waals surface area contributed by atoms with E-state index in [-0.39, 0.29) is 23.8 Å². The zero-order valence-electron chi connectivity index (χ0n) is 20.9. The summed E-state index contributed by atoms with van der Waals surface area (Å²) in [5.41, 5.74) is 6.81. The predicted octanol–water partition coefficient (Wildman–Crippen LogP) is 3.08. The number of ether oxygens (including phenoxy) is 1. The Bertz CT molecular complexity index is 1390. The van der Waals surface area contributed by atoms with Gasteiger partial charge in [-0.05, 0) is 42.5 Å². The first-order valence-corrected chi connectivity index (χ1v) is 14.7. The van der Waals surface area contributed by atoms with Crippen LogP contribution in [0.1, 0.15) is 50.0 Å². The fourth-order valence-corrected chi connectivity index (χ4v) is 6.45. The van der Waals surface area contributed by atoms with Gasteiger partial charge in [0.2, 0.25) is 21.8 Å². The number of fused-ring (bicyclic) bond motifs is 1. The van der Waals surface area contributed by atoms with Crippen molar-refractivity contribution in [2.75, 3.05) is 19.0 Å². The third-order valence-corrected chi connectivity index (χ3v) is 9.04. The number of carbonyl (C=O) groups excluding carboxylic acids is 1. The molecule has 2 heterocycles. The molecule has 38 heavy (non-hydrogen) atoms. The number of nitrogens with two attached hydrogens (primary N) is 1. The van der Waals surface area contributed by atoms with E-state index >= 15 is 0 Å². The van der Waals surface area contributed by atoms with Crippen LogP contribution in [0.3, 0.4) is 0 Å². The third-order valence-electron chi connectivity index (χ3n) is 6.69. The van der Waals surface area contributed by atoms with Crippen LogP contribution < -0.4 is 20.5 Å². The van der Waals surface area contributed by atoms with Crippen molar-refractivity contribution in [3.8, 4) is 5.88 Å². The van der Waals surface area contributed by atoms with Crippen molar-refractivity contribution < 1.29 is 27.9 Å². The second-order valence-corrected chi connectivity index (χ2v) is 12.1. The largest absolute Gasteiger partial charge is 0.481 e. The van der Waals surface area contributed by atoms with Crippen molar-refractivity contribution in [1.82, 2.24) is 14.7 Å². The fraction of sp³-hybridized carbons (Fsp3) is 0.440. The number of carboxylic acids is 1. The summed E-state index contributed by atoms with van der Waals surface area (Å²) >= 11 is 1.26. The summed E-state index contributed by atoms with van der Waals surface area (Å²) in [5, 5.41) is 12.2. The number of methoxy groups -OCH3 is 1. The van der Waals surface area contributed by atoms with Gasteiger partial charge in [-0.25, -0.2) is 23.1 Å². The van der Waals surface area contributed by atoms with E-state index < -0.39 is 28.0 Å². The Hall–Kier alpha value is -3.13. The molecule has 2 aromatic heterocycles. The molecule has 204 valence electrons. The zero-order valence-corrected chi connectivity index (χ0v) is 22.6. The molecule has 13 heteroatoms. The van der Waals surface area contributed by atoms with E-state index in [1.54, 1.807) is 24.3 Å². The second-order valence-electron chi connectivity index (χ2n) is 9.33. The highest BCUT2D eigenvalue weighted by Gasteiger charge is 2.28. The van der Waals surface area contributed by atoms with E-state index in [2.05, 4.69) is 20.0 Å². The summed E-state index contributed by atoms with van der Waals surface area (Å²) in [5.74, 6) is -1.00. The summed E-state index contributed by atoms with van der Waals surface area (Å²) in [4.78, 5) is 33.8. The number of rotatable bonds is 12.